The summed E-state index contributed by atoms with van der Waals surface area (Å²) in [6, 6.07) is 19.1. The number of fused-ring (bicyclic) bond motifs is 1. The van der Waals surface area contributed by atoms with Crippen LogP contribution in [0.5, 0.6) is 0 Å². The molecule has 2 aromatic carbocycles. The second-order valence-electron chi connectivity index (χ2n) is 6.80. The van der Waals surface area contributed by atoms with Crippen molar-refractivity contribution in [1.82, 2.24) is 20.1 Å². The molecule has 4 aromatic rings. The first-order valence-electron chi connectivity index (χ1n) is 9.01. The molecule has 0 aliphatic rings. The molecule has 2 aromatic heterocycles. The van der Waals surface area contributed by atoms with Crippen LogP contribution in [0.25, 0.3) is 22.2 Å². The highest BCUT2D eigenvalue weighted by Gasteiger charge is 2.14. The number of rotatable bonds is 4. The van der Waals surface area contributed by atoms with Crippen molar-refractivity contribution in [2.45, 2.75) is 13.5 Å². The fraction of sp³-hybridized carbons (Fsp3) is 0.136. The van der Waals surface area contributed by atoms with Crippen LogP contribution < -0.4 is 10.9 Å². The highest BCUT2D eigenvalue weighted by Crippen LogP contribution is 2.20. The lowest BCUT2D eigenvalue weighted by atomic mass is 10.1. The predicted octanol–water partition coefficient (Wildman–Crippen LogP) is 3.17. The first kappa shape index (κ1) is 17.7. The first-order valence-corrected chi connectivity index (χ1v) is 9.01. The van der Waals surface area contributed by atoms with E-state index in [1.807, 2.05) is 55.5 Å². The fourth-order valence-corrected chi connectivity index (χ4v) is 3.16. The molecule has 140 valence electrons. The quantitative estimate of drug-likeness (QED) is 0.577. The van der Waals surface area contributed by atoms with E-state index in [9.17, 15) is 9.59 Å². The number of nitrogens with zero attached hydrogens (tertiary/aromatic N) is 2. The van der Waals surface area contributed by atoms with E-state index in [1.54, 1.807) is 23.9 Å². The summed E-state index contributed by atoms with van der Waals surface area (Å²) in [6.07, 6.45) is 0. The van der Waals surface area contributed by atoms with Gasteiger partial charge in [0.2, 0.25) is 0 Å². The number of carbonyl (C=O) groups excluding carboxylic acids is 1. The number of aryl methyl sites for hydroxylation is 2. The molecule has 2 N–H and O–H groups in total. The zero-order chi connectivity index (χ0) is 19.7. The minimum Gasteiger partial charge on any atom is -0.346 e. The number of H-pyrrole nitrogens is 1. The van der Waals surface area contributed by atoms with E-state index in [-0.39, 0.29) is 18.0 Å². The van der Waals surface area contributed by atoms with Crippen LogP contribution in [0.4, 0.5) is 0 Å². The fourth-order valence-electron chi connectivity index (χ4n) is 3.16. The molecule has 1 amide bonds. The Kier molecular flexibility index (Phi) is 4.53. The van der Waals surface area contributed by atoms with Gasteiger partial charge in [0.05, 0.1) is 5.69 Å². The van der Waals surface area contributed by atoms with Gasteiger partial charge in [0.1, 0.15) is 0 Å². The van der Waals surface area contributed by atoms with Gasteiger partial charge >= 0.3 is 0 Å². The Bertz CT molecular complexity index is 1220. The summed E-state index contributed by atoms with van der Waals surface area (Å²) in [5, 5.41) is 8.02. The Labute approximate surface area is 161 Å². The monoisotopic (exact) mass is 372 g/mol. The number of aromatic nitrogens is 3. The second kappa shape index (κ2) is 7.15. The molecule has 4 rings (SSSR count). The lowest BCUT2D eigenvalue weighted by Gasteiger charge is -2.04. The van der Waals surface area contributed by atoms with Gasteiger partial charge in [0.25, 0.3) is 11.5 Å². The molecule has 0 saturated heterocycles. The molecule has 2 heterocycles. The van der Waals surface area contributed by atoms with Crippen molar-refractivity contribution in [3.05, 3.63) is 87.8 Å². The SMILES string of the molecule is Cc1ccc(-c2cc(C(=O)NCc3cc4ccccc4[nH]c3=O)nn2C)cc1. The topological polar surface area (TPSA) is 79.8 Å². The van der Waals surface area contributed by atoms with Gasteiger partial charge in [-0.15, -0.1) is 0 Å². The zero-order valence-electron chi connectivity index (χ0n) is 15.7. The summed E-state index contributed by atoms with van der Waals surface area (Å²) in [5.41, 5.74) is 4.40. The molecule has 0 spiro atoms. The molecule has 0 radical (unpaired) electrons. The van der Waals surface area contributed by atoms with Crippen molar-refractivity contribution in [2.75, 3.05) is 0 Å². The van der Waals surface area contributed by atoms with Gasteiger partial charge in [-0.05, 0) is 36.1 Å². The van der Waals surface area contributed by atoms with E-state index in [2.05, 4.69) is 15.4 Å². The highest BCUT2D eigenvalue weighted by molar-refractivity contribution is 5.93. The van der Waals surface area contributed by atoms with Crippen LogP contribution in [-0.4, -0.2) is 20.7 Å². The number of hydrogen-bond acceptors (Lipinski definition) is 3. The maximum absolute atomic E-state index is 12.5. The van der Waals surface area contributed by atoms with Gasteiger partial charge in [-0.3, -0.25) is 14.3 Å². The highest BCUT2D eigenvalue weighted by atomic mass is 16.2. The molecule has 6 nitrogen and oxygen atoms in total. The third-order valence-electron chi connectivity index (χ3n) is 4.73. The normalized spacial score (nSPS) is 10.9. The van der Waals surface area contributed by atoms with Gasteiger partial charge in [0.15, 0.2) is 5.69 Å². The van der Waals surface area contributed by atoms with Crippen LogP contribution in [0.1, 0.15) is 21.6 Å². The first-order chi connectivity index (χ1) is 13.5. The average molecular weight is 372 g/mol. The van der Waals surface area contributed by atoms with Crippen LogP contribution in [0.15, 0.2) is 65.5 Å². The zero-order valence-corrected chi connectivity index (χ0v) is 15.7. The van der Waals surface area contributed by atoms with Crippen LogP contribution in [0.2, 0.25) is 0 Å². The number of benzene rings is 2. The van der Waals surface area contributed by atoms with Crippen LogP contribution in [-0.2, 0) is 13.6 Å². The summed E-state index contributed by atoms with van der Waals surface area (Å²) >= 11 is 0. The van der Waals surface area contributed by atoms with Crippen LogP contribution in [0, 0.1) is 6.92 Å². The molecular weight excluding hydrogens is 352 g/mol. The molecule has 0 bridgehead atoms. The molecule has 0 unspecified atom stereocenters. The molecule has 28 heavy (non-hydrogen) atoms. The number of pyridine rings is 1. The van der Waals surface area contributed by atoms with Crippen molar-refractivity contribution in [2.24, 2.45) is 7.05 Å². The van der Waals surface area contributed by atoms with Crippen LogP contribution >= 0.6 is 0 Å². The summed E-state index contributed by atoms with van der Waals surface area (Å²) in [6.45, 7) is 2.16. The van der Waals surface area contributed by atoms with Crippen molar-refractivity contribution < 1.29 is 4.79 Å². The minimum absolute atomic E-state index is 0.134. The Morgan fingerprint density at radius 2 is 1.86 bits per heavy atom. The van der Waals surface area contributed by atoms with E-state index in [0.29, 0.717) is 11.3 Å². The van der Waals surface area contributed by atoms with Crippen molar-refractivity contribution in [3.8, 4) is 11.3 Å². The minimum atomic E-state index is -0.318. The summed E-state index contributed by atoms with van der Waals surface area (Å²) in [4.78, 5) is 27.6. The average Bonchev–Trinajstić information content (AvgIpc) is 3.08. The predicted molar refractivity (Wildman–Crippen MR) is 109 cm³/mol. The second-order valence-corrected chi connectivity index (χ2v) is 6.80. The van der Waals surface area contributed by atoms with E-state index in [0.717, 1.165) is 22.2 Å². The summed E-state index contributed by atoms with van der Waals surface area (Å²) < 4.78 is 1.68. The van der Waals surface area contributed by atoms with Gasteiger partial charge in [-0.25, -0.2) is 0 Å². The van der Waals surface area contributed by atoms with E-state index in [1.165, 1.54) is 5.56 Å². The molecule has 0 atom stereocenters. The molecule has 0 aliphatic carbocycles. The lowest BCUT2D eigenvalue weighted by molar-refractivity contribution is 0.0945. The van der Waals surface area contributed by atoms with E-state index < -0.39 is 0 Å². The number of para-hydroxylation sites is 1. The molecule has 0 fully saturated rings. The largest absolute Gasteiger partial charge is 0.346 e. The smallest absolute Gasteiger partial charge is 0.272 e. The number of nitrogens with one attached hydrogen (secondary N) is 2. The third-order valence-corrected chi connectivity index (χ3v) is 4.73. The van der Waals surface area contributed by atoms with Crippen molar-refractivity contribution in [1.29, 1.82) is 0 Å². The van der Waals surface area contributed by atoms with Gasteiger partial charge < -0.3 is 10.3 Å². The van der Waals surface area contributed by atoms with Gasteiger partial charge in [0, 0.05) is 24.7 Å². The number of hydrogen-bond donors (Lipinski definition) is 2. The number of carbonyl (C=O) groups is 1. The third kappa shape index (κ3) is 3.44. The summed E-state index contributed by atoms with van der Waals surface area (Å²) in [7, 11) is 1.81. The Morgan fingerprint density at radius 3 is 2.64 bits per heavy atom. The molecule has 0 aliphatic heterocycles. The molecule has 6 heteroatoms. The Morgan fingerprint density at radius 1 is 1.11 bits per heavy atom. The molecule has 0 saturated carbocycles. The number of amides is 1. The van der Waals surface area contributed by atoms with Crippen molar-refractivity contribution >= 4 is 16.8 Å². The van der Waals surface area contributed by atoms with E-state index >= 15 is 0 Å². The molecular formula is C22H20N4O2. The summed E-state index contributed by atoms with van der Waals surface area (Å²) in [5.74, 6) is -0.318. The van der Waals surface area contributed by atoms with Crippen molar-refractivity contribution in [3.63, 3.8) is 0 Å². The van der Waals surface area contributed by atoms with E-state index in [4.69, 9.17) is 0 Å². The van der Waals surface area contributed by atoms with Gasteiger partial charge in [-0.1, -0.05) is 48.0 Å². The van der Waals surface area contributed by atoms with Crippen LogP contribution in [0.3, 0.4) is 0 Å². The maximum Gasteiger partial charge on any atom is 0.272 e. The van der Waals surface area contributed by atoms with Gasteiger partial charge in [-0.2, -0.15) is 5.10 Å². The standard InChI is InChI=1S/C22H20N4O2/c1-14-7-9-15(10-8-14)20-12-19(25-26(20)2)22(28)23-13-17-11-16-5-3-4-6-18(16)24-21(17)27/h3-12H,13H2,1-2H3,(H,23,28)(H,24,27). The lowest BCUT2D eigenvalue weighted by Crippen LogP contribution is -2.27. The Balaban J connectivity index is 1.53. The Hall–Kier alpha value is -3.67. The number of aromatic amines is 1. The maximum atomic E-state index is 12.5.